The smallest absolute Gasteiger partial charge is 0.322 e. The van der Waals surface area contributed by atoms with Crippen molar-refractivity contribution in [2.45, 2.75) is 19.4 Å². The van der Waals surface area contributed by atoms with E-state index >= 15 is 0 Å². The normalized spacial score (nSPS) is 11.8. The van der Waals surface area contributed by atoms with Crippen molar-refractivity contribution in [1.82, 2.24) is 10.3 Å². The molecule has 0 aliphatic carbocycles. The minimum Gasteiger partial charge on any atom is -0.480 e. The number of hydrogen-bond donors (Lipinski definition) is 3. The van der Waals surface area contributed by atoms with E-state index in [2.05, 4.69) is 10.3 Å². The quantitative estimate of drug-likeness (QED) is 0.745. The van der Waals surface area contributed by atoms with Gasteiger partial charge in [-0.1, -0.05) is 6.92 Å². The SMILES string of the molecule is CCc1cnccc1-c1cc(F)cc(C(=O)NC[C@@H](N)C(=O)O)c1. The van der Waals surface area contributed by atoms with Gasteiger partial charge in [-0.3, -0.25) is 14.6 Å². The zero-order valence-electron chi connectivity index (χ0n) is 13.1. The molecule has 1 heterocycles. The van der Waals surface area contributed by atoms with Crippen molar-refractivity contribution < 1.29 is 19.1 Å². The molecule has 6 nitrogen and oxygen atoms in total. The van der Waals surface area contributed by atoms with Gasteiger partial charge in [-0.2, -0.15) is 0 Å². The zero-order valence-corrected chi connectivity index (χ0v) is 13.1. The Kier molecular flexibility index (Phi) is 5.59. The fraction of sp³-hybridized carbons (Fsp3) is 0.235. The molecular formula is C17H18FN3O3. The monoisotopic (exact) mass is 331 g/mol. The third-order valence-corrected chi connectivity index (χ3v) is 3.56. The number of nitrogens with zero attached hydrogens (tertiary/aromatic N) is 1. The van der Waals surface area contributed by atoms with Gasteiger partial charge in [-0.25, -0.2) is 4.39 Å². The highest BCUT2D eigenvalue weighted by atomic mass is 19.1. The van der Waals surface area contributed by atoms with Crippen LogP contribution in [-0.4, -0.2) is 34.6 Å². The number of nitrogens with two attached hydrogens (primary N) is 1. The van der Waals surface area contributed by atoms with Gasteiger partial charge in [0.15, 0.2) is 0 Å². The largest absolute Gasteiger partial charge is 0.480 e. The molecule has 2 rings (SSSR count). The minimum absolute atomic E-state index is 0.0986. The van der Waals surface area contributed by atoms with Gasteiger partial charge in [0.1, 0.15) is 11.9 Å². The molecule has 24 heavy (non-hydrogen) atoms. The van der Waals surface area contributed by atoms with E-state index in [9.17, 15) is 14.0 Å². The lowest BCUT2D eigenvalue weighted by Crippen LogP contribution is -2.42. The maximum Gasteiger partial charge on any atom is 0.322 e. The summed E-state index contributed by atoms with van der Waals surface area (Å²) in [7, 11) is 0. The molecule has 0 bridgehead atoms. The molecule has 2 aromatic rings. The molecule has 0 unspecified atom stereocenters. The summed E-state index contributed by atoms with van der Waals surface area (Å²) in [5.74, 6) is -2.36. The molecule has 0 saturated heterocycles. The van der Waals surface area contributed by atoms with Crippen LogP contribution < -0.4 is 11.1 Å². The number of aryl methyl sites for hydroxylation is 1. The van der Waals surface area contributed by atoms with Crippen LogP contribution in [-0.2, 0) is 11.2 Å². The maximum absolute atomic E-state index is 13.9. The molecule has 4 N–H and O–H groups in total. The molecule has 1 atom stereocenters. The summed E-state index contributed by atoms with van der Waals surface area (Å²) in [6, 6.07) is 4.54. The van der Waals surface area contributed by atoms with Gasteiger partial charge in [0.25, 0.3) is 5.91 Å². The number of aromatic nitrogens is 1. The van der Waals surface area contributed by atoms with Crippen LogP contribution in [0.3, 0.4) is 0 Å². The lowest BCUT2D eigenvalue weighted by atomic mass is 9.98. The summed E-state index contributed by atoms with van der Waals surface area (Å²) in [6.07, 6.45) is 4.02. The van der Waals surface area contributed by atoms with E-state index in [0.717, 1.165) is 17.2 Å². The minimum atomic E-state index is -1.22. The number of benzene rings is 1. The molecule has 1 aromatic heterocycles. The first-order valence-corrected chi connectivity index (χ1v) is 7.42. The van der Waals surface area contributed by atoms with Crippen molar-refractivity contribution in [1.29, 1.82) is 0 Å². The number of aliphatic carboxylic acids is 1. The standard InChI is InChI=1S/C17H18FN3O3/c1-2-10-8-20-4-3-14(10)11-5-12(7-13(18)6-11)16(22)21-9-15(19)17(23)24/h3-8,15H,2,9,19H2,1H3,(H,21,22)(H,23,24)/t15-/m1/s1. The van der Waals surface area contributed by atoms with Crippen LogP contribution in [0.2, 0.25) is 0 Å². The van der Waals surface area contributed by atoms with E-state index in [1.54, 1.807) is 24.5 Å². The highest BCUT2D eigenvalue weighted by Crippen LogP contribution is 2.25. The Bertz CT molecular complexity index is 764. The van der Waals surface area contributed by atoms with Gasteiger partial charge < -0.3 is 16.2 Å². The second-order valence-electron chi connectivity index (χ2n) is 5.27. The van der Waals surface area contributed by atoms with E-state index in [-0.39, 0.29) is 12.1 Å². The Morgan fingerprint density at radius 2 is 2.12 bits per heavy atom. The molecule has 0 saturated carbocycles. The number of amides is 1. The number of carbonyl (C=O) groups is 2. The summed E-state index contributed by atoms with van der Waals surface area (Å²) in [6.45, 7) is 1.72. The number of nitrogens with one attached hydrogen (secondary N) is 1. The highest BCUT2D eigenvalue weighted by Gasteiger charge is 2.15. The number of halogens is 1. The van der Waals surface area contributed by atoms with Gasteiger partial charge in [-0.05, 0) is 47.4 Å². The Labute approximate surface area is 138 Å². The first-order valence-electron chi connectivity index (χ1n) is 7.42. The summed E-state index contributed by atoms with van der Waals surface area (Å²) in [4.78, 5) is 26.8. The van der Waals surface area contributed by atoms with Crippen LogP contribution in [0.4, 0.5) is 4.39 Å². The zero-order chi connectivity index (χ0) is 17.7. The van der Waals surface area contributed by atoms with E-state index in [1.165, 1.54) is 6.07 Å². The summed E-state index contributed by atoms with van der Waals surface area (Å²) >= 11 is 0. The Balaban J connectivity index is 2.28. The predicted molar refractivity (Wildman–Crippen MR) is 87.0 cm³/mol. The molecular weight excluding hydrogens is 313 g/mol. The van der Waals surface area contributed by atoms with E-state index in [1.807, 2.05) is 6.92 Å². The molecule has 1 aromatic carbocycles. The van der Waals surface area contributed by atoms with Crippen LogP contribution in [0.15, 0.2) is 36.7 Å². The van der Waals surface area contributed by atoms with Crippen LogP contribution in [0.25, 0.3) is 11.1 Å². The van der Waals surface area contributed by atoms with Crippen LogP contribution in [0.5, 0.6) is 0 Å². The molecule has 0 fully saturated rings. The van der Waals surface area contributed by atoms with Gasteiger partial charge in [0, 0.05) is 24.5 Å². The van der Waals surface area contributed by atoms with E-state index < -0.39 is 23.7 Å². The molecule has 126 valence electrons. The van der Waals surface area contributed by atoms with Crippen molar-refractivity contribution in [3.05, 3.63) is 53.6 Å². The number of pyridine rings is 1. The Morgan fingerprint density at radius 3 is 2.79 bits per heavy atom. The molecule has 1 amide bonds. The maximum atomic E-state index is 13.9. The molecule has 7 heteroatoms. The van der Waals surface area contributed by atoms with Crippen molar-refractivity contribution in [3.8, 4) is 11.1 Å². The lowest BCUT2D eigenvalue weighted by molar-refractivity contribution is -0.138. The average Bonchev–Trinajstić information content (AvgIpc) is 2.58. The third-order valence-electron chi connectivity index (χ3n) is 3.56. The number of carbonyl (C=O) groups excluding carboxylic acids is 1. The molecule has 0 spiro atoms. The van der Waals surface area contributed by atoms with Gasteiger partial charge in [0.2, 0.25) is 0 Å². The average molecular weight is 331 g/mol. The van der Waals surface area contributed by atoms with Crippen molar-refractivity contribution in [2.24, 2.45) is 5.73 Å². The van der Waals surface area contributed by atoms with E-state index in [0.29, 0.717) is 12.0 Å². The summed E-state index contributed by atoms with van der Waals surface area (Å²) < 4.78 is 13.9. The van der Waals surface area contributed by atoms with Crippen LogP contribution in [0, 0.1) is 5.82 Å². The first kappa shape index (κ1) is 17.6. The van der Waals surface area contributed by atoms with Crippen LogP contribution >= 0.6 is 0 Å². The fourth-order valence-corrected chi connectivity index (χ4v) is 2.26. The van der Waals surface area contributed by atoms with Gasteiger partial charge in [-0.15, -0.1) is 0 Å². The van der Waals surface area contributed by atoms with Crippen molar-refractivity contribution in [2.75, 3.05) is 6.54 Å². The van der Waals surface area contributed by atoms with Gasteiger partial charge in [0.05, 0.1) is 0 Å². The molecule has 0 aliphatic heterocycles. The highest BCUT2D eigenvalue weighted by molar-refractivity contribution is 5.96. The fourth-order valence-electron chi connectivity index (χ4n) is 2.26. The Hall–Kier alpha value is -2.80. The Morgan fingerprint density at radius 1 is 1.38 bits per heavy atom. The number of carboxylic acids is 1. The third kappa shape index (κ3) is 4.14. The number of carboxylic acid groups (broad SMARTS) is 1. The van der Waals surface area contributed by atoms with Crippen LogP contribution in [0.1, 0.15) is 22.8 Å². The van der Waals surface area contributed by atoms with Crippen molar-refractivity contribution in [3.63, 3.8) is 0 Å². The second kappa shape index (κ2) is 7.65. The number of rotatable bonds is 6. The van der Waals surface area contributed by atoms with E-state index in [4.69, 9.17) is 10.8 Å². The molecule has 0 radical (unpaired) electrons. The van der Waals surface area contributed by atoms with Crippen molar-refractivity contribution >= 4 is 11.9 Å². The predicted octanol–water partition coefficient (Wildman–Crippen LogP) is 1.59. The summed E-state index contributed by atoms with van der Waals surface area (Å²) in [5.41, 5.74) is 7.72. The molecule has 0 aliphatic rings. The first-order chi connectivity index (χ1) is 11.4. The summed E-state index contributed by atoms with van der Waals surface area (Å²) in [5, 5.41) is 11.1. The second-order valence-corrected chi connectivity index (χ2v) is 5.27. The number of hydrogen-bond acceptors (Lipinski definition) is 4. The van der Waals surface area contributed by atoms with Gasteiger partial charge >= 0.3 is 5.97 Å². The lowest BCUT2D eigenvalue weighted by Gasteiger charge is -2.11. The topological polar surface area (TPSA) is 105 Å².